The van der Waals surface area contributed by atoms with Gasteiger partial charge in [-0.15, -0.1) is 0 Å². The van der Waals surface area contributed by atoms with Gasteiger partial charge in [-0.1, -0.05) is 42.5 Å². The monoisotopic (exact) mass is 223 g/mol. The van der Waals surface area contributed by atoms with Gasteiger partial charge in [-0.05, 0) is 17.6 Å². The van der Waals surface area contributed by atoms with Crippen molar-refractivity contribution in [3.63, 3.8) is 0 Å². The van der Waals surface area contributed by atoms with Crippen molar-refractivity contribution < 1.29 is 9.45 Å². The van der Waals surface area contributed by atoms with Crippen LogP contribution in [0.5, 0.6) is 0 Å². The van der Waals surface area contributed by atoms with Crippen molar-refractivity contribution in [1.82, 2.24) is 0 Å². The van der Waals surface area contributed by atoms with Crippen LogP contribution in [0.4, 0.5) is 5.69 Å². The Morgan fingerprint density at radius 2 is 1.65 bits per heavy atom. The average molecular weight is 223 g/mol. The molecule has 0 fully saturated rings. The van der Waals surface area contributed by atoms with Crippen molar-refractivity contribution in [2.45, 2.75) is 0 Å². The number of carbonyl (C=O) groups excluding carboxylic acids is 1. The summed E-state index contributed by atoms with van der Waals surface area (Å²) in [5.74, 6) is -0.284. The van der Waals surface area contributed by atoms with Crippen LogP contribution in [0.1, 0.15) is 10.4 Å². The Kier molecular flexibility index (Phi) is 2.33. The molecule has 0 radical (unpaired) electrons. The minimum atomic E-state index is -0.404. The SMILES string of the molecule is O=C1OB(c2ccccc2)Nc2ccccc21. The zero-order chi connectivity index (χ0) is 11.7. The maximum absolute atomic E-state index is 11.8. The second-order valence-electron chi connectivity index (χ2n) is 3.89. The third kappa shape index (κ3) is 1.78. The number of fused-ring (bicyclic) bond motifs is 1. The van der Waals surface area contributed by atoms with E-state index in [9.17, 15) is 4.79 Å². The van der Waals surface area contributed by atoms with Gasteiger partial charge in [0.25, 0.3) is 0 Å². The second kappa shape index (κ2) is 3.98. The average Bonchev–Trinajstić information content (AvgIpc) is 2.40. The molecule has 0 bridgehead atoms. The molecule has 0 atom stereocenters. The van der Waals surface area contributed by atoms with Crippen molar-refractivity contribution >= 4 is 24.2 Å². The molecule has 4 heteroatoms. The summed E-state index contributed by atoms with van der Waals surface area (Å²) in [5, 5.41) is 3.20. The van der Waals surface area contributed by atoms with Gasteiger partial charge in [0.2, 0.25) is 0 Å². The number of nitrogens with one attached hydrogen (secondary N) is 1. The summed E-state index contributed by atoms with van der Waals surface area (Å²) in [7, 11) is -0.404. The van der Waals surface area contributed by atoms with Crippen molar-refractivity contribution in [3.05, 3.63) is 60.2 Å². The molecule has 1 heterocycles. The van der Waals surface area contributed by atoms with Gasteiger partial charge in [0, 0.05) is 5.69 Å². The third-order valence-electron chi connectivity index (χ3n) is 2.76. The first-order chi connectivity index (χ1) is 8.34. The number of rotatable bonds is 1. The van der Waals surface area contributed by atoms with E-state index in [4.69, 9.17) is 4.65 Å². The van der Waals surface area contributed by atoms with Gasteiger partial charge in [0.15, 0.2) is 0 Å². The standard InChI is InChI=1S/C13H10BNO2/c16-13-11-8-4-5-9-12(11)15-14(17-13)10-6-2-1-3-7-10/h1-9,15H. The van der Waals surface area contributed by atoms with Crippen LogP contribution in [-0.4, -0.2) is 13.0 Å². The zero-order valence-electron chi connectivity index (χ0n) is 9.09. The molecule has 3 nitrogen and oxygen atoms in total. The molecule has 0 aliphatic carbocycles. The van der Waals surface area contributed by atoms with E-state index in [1.54, 1.807) is 6.07 Å². The van der Waals surface area contributed by atoms with Crippen LogP contribution in [-0.2, 0) is 4.65 Å². The van der Waals surface area contributed by atoms with Crippen molar-refractivity contribution in [3.8, 4) is 0 Å². The number of para-hydroxylation sites is 1. The smallest absolute Gasteiger partial charge is 0.507 e. The number of hydrogen-bond donors (Lipinski definition) is 1. The van der Waals surface area contributed by atoms with Crippen LogP contribution in [0, 0.1) is 0 Å². The van der Waals surface area contributed by atoms with Crippen molar-refractivity contribution in [1.29, 1.82) is 0 Å². The van der Waals surface area contributed by atoms with E-state index in [0.29, 0.717) is 5.56 Å². The summed E-state index contributed by atoms with van der Waals surface area (Å²) in [5.41, 5.74) is 2.34. The molecular formula is C13H10BNO2. The van der Waals surface area contributed by atoms with Gasteiger partial charge in [0.05, 0.1) is 5.56 Å². The molecule has 3 rings (SSSR count). The Bertz CT molecular complexity index is 556. The lowest BCUT2D eigenvalue weighted by Gasteiger charge is -2.23. The normalized spacial score (nSPS) is 13.6. The van der Waals surface area contributed by atoms with E-state index in [2.05, 4.69) is 5.23 Å². The highest BCUT2D eigenvalue weighted by atomic mass is 16.5. The molecule has 0 amide bonds. The van der Waals surface area contributed by atoms with Gasteiger partial charge in [-0.25, -0.2) is 4.79 Å². The summed E-state index contributed by atoms with van der Waals surface area (Å²) in [6, 6.07) is 17.0. The molecule has 0 saturated heterocycles. The molecular weight excluding hydrogens is 213 g/mol. The van der Waals surface area contributed by atoms with E-state index < -0.39 is 7.05 Å². The molecule has 1 N–H and O–H groups in total. The first-order valence-corrected chi connectivity index (χ1v) is 5.46. The van der Waals surface area contributed by atoms with Crippen LogP contribution in [0.3, 0.4) is 0 Å². The van der Waals surface area contributed by atoms with Gasteiger partial charge in [-0.2, -0.15) is 0 Å². The quantitative estimate of drug-likeness (QED) is 0.747. The summed E-state index contributed by atoms with van der Waals surface area (Å²) in [6.07, 6.45) is 0. The lowest BCUT2D eigenvalue weighted by molar-refractivity contribution is 0.0732. The lowest BCUT2D eigenvalue weighted by Crippen LogP contribution is -2.46. The topological polar surface area (TPSA) is 38.3 Å². The molecule has 1 aliphatic rings. The van der Waals surface area contributed by atoms with Crippen LogP contribution in [0.15, 0.2) is 54.6 Å². The molecule has 1 aliphatic heterocycles. The van der Waals surface area contributed by atoms with E-state index in [-0.39, 0.29) is 5.97 Å². The minimum absolute atomic E-state index is 0.284. The van der Waals surface area contributed by atoms with Crippen LogP contribution < -0.4 is 10.7 Å². The number of benzene rings is 2. The number of carbonyl (C=O) groups is 1. The van der Waals surface area contributed by atoms with Crippen LogP contribution >= 0.6 is 0 Å². The summed E-state index contributed by atoms with van der Waals surface area (Å²) in [6.45, 7) is 0. The van der Waals surface area contributed by atoms with Crippen molar-refractivity contribution in [2.24, 2.45) is 0 Å². The molecule has 82 valence electrons. The lowest BCUT2D eigenvalue weighted by atomic mass is 9.72. The molecule has 0 aromatic heterocycles. The summed E-state index contributed by atoms with van der Waals surface area (Å²) >= 11 is 0. The highest BCUT2D eigenvalue weighted by Crippen LogP contribution is 2.21. The third-order valence-corrected chi connectivity index (χ3v) is 2.76. The Morgan fingerprint density at radius 3 is 2.47 bits per heavy atom. The highest BCUT2D eigenvalue weighted by Gasteiger charge is 2.31. The fourth-order valence-corrected chi connectivity index (χ4v) is 1.91. The van der Waals surface area contributed by atoms with E-state index >= 15 is 0 Å². The molecule has 0 unspecified atom stereocenters. The fourth-order valence-electron chi connectivity index (χ4n) is 1.91. The van der Waals surface area contributed by atoms with Crippen molar-refractivity contribution in [2.75, 3.05) is 5.23 Å². The van der Waals surface area contributed by atoms with Crippen LogP contribution in [0.25, 0.3) is 0 Å². The van der Waals surface area contributed by atoms with Gasteiger partial charge < -0.3 is 9.88 Å². The van der Waals surface area contributed by atoms with E-state index in [1.165, 1.54) is 0 Å². The number of hydrogen-bond acceptors (Lipinski definition) is 3. The maximum atomic E-state index is 11.8. The first-order valence-electron chi connectivity index (χ1n) is 5.46. The maximum Gasteiger partial charge on any atom is 0.518 e. The van der Waals surface area contributed by atoms with Gasteiger partial charge >= 0.3 is 13.0 Å². The van der Waals surface area contributed by atoms with Gasteiger partial charge in [0.1, 0.15) is 0 Å². The Balaban J connectivity index is 1.97. The molecule has 2 aromatic rings. The van der Waals surface area contributed by atoms with E-state index in [1.807, 2.05) is 48.5 Å². The predicted molar refractivity (Wildman–Crippen MR) is 67.3 cm³/mol. The highest BCUT2D eigenvalue weighted by molar-refractivity contribution is 6.73. The zero-order valence-corrected chi connectivity index (χ0v) is 9.09. The Labute approximate surface area is 99.6 Å². The molecule has 2 aromatic carbocycles. The number of anilines is 1. The summed E-state index contributed by atoms with van der Waals surface area (Å²) in [4.78, 5) is 11.8. The Hall–Kier alpha value is -2.23. The summed E-state index contributed by atoms with van der Waals surface area (Å²) < 4.78 is 5.35. The molecule has 17 heavy (non-hydrogen) atoms. The molecule has 0 spiro atoms. The van der Waals surface area contributed by atoms with E-state index in [0.717, 1.165) is 11.2 Å². The fraction of sp³-hybridized carbons (Fsp3) is 0. The minimum Gasteiger partial charge on any atom is -0.507 e. The second-order valence-corrected chi connectivity index (χ2v) is 3.89. The molecule has 0 saturated carbocycles. The van der Waals surface area contributed by atoms with Gasteiger partial charge in [-0.3, -0.25) is 0 Å². The first kappa shape index (κ1) is 9.96. The van der Waals surface area contributed by atoms with Crippen LogP contribution in [0.2, 0.25) is 0 Å². The predicted octanol–water partition coefficient (Wildman–Crippen LogP) is 1.66. The largest absolute Gasteiger partial charge is 0.518 e. The Morgan fingerprint density at radius 1 is 0.941 bits per heavy atom.